The van der Waals surface area contributed by atoms with Crippen LogP contribution >= 0.6 is 0 Å². The number of carbonyl (C=O) groups is 1. The van der Waals surface area contributed by atoms with Gasteiger partial charge in [-0.3, -0.25) is 4.90 Å². The smallest absolute Gasteiger partial charge is 0.327 e. The van der Waals surface area contributed by atoms with Crippen molar-refractivity contribution < 1.29 is 14.3 Å². The van der Waals surface area contributed by atoms with Gasteiger partial charge in [0.1, 0.15) is 24.6 Å². The summed E-state index contributed by atoms with van der Waals surface area (Å²) in [6, 6.07) is 15.2. The van der Waals surface area contributed by atoms with Gasteiger partial charge in [-0.05, 0) is 35.9 Å². The molecule has 0 spiro atoms. The van der Waals surface area contributed by atoms with E-state index in [1.807, 2.05) is 60.8 Å². The predicted octanol–water partition coefficient (Wildman–Crippen LogP) is 1.88. The molecule has 2 amide bonds. The van der Waals surface area contributed by atoms with Crippen molar-refractivity contribution in [2.75, 3.05) is 25.2 Å². The van der Waals surface area contributed by atoms with Crippen molar-refractivity contribution in [3.63, 3.8) is 0 Å². The first-order valence-corrected chi connectivity index (χ1v) is 10.2. The van der Waals surface area contributed by atoms with Crippen LogP contribution in [-0.4, -0.2) is 38.6 Å². The van der Waals surface area contributed by atoms with E-state index < -0.39 is 0 Å². The van der Waals surface area contributed by atoms with Gasteiger partial charge in [-0.25, -0.2) is 4.79 Å². The highest BCUT2D eigenvalue weighted by Gasteiger charge is 2.31. The molecule has 2 atom stereocenters. The number of amides is 2. The molecule has 162 valence electrons. The van der Waals surface area contributed by atoms with Crippen LogP contribution in [0.1, 0.15) is 11.1 Å². The van der Waals surface area contributed by atoms with E-state index in [4.69, 9.17) is 20.9 Å². The Hall–Kier alpha value is -3.33. The Bertz CT molecular complexity index is 999. The minimum Gasteiger partial charge on any atom is -0.491 e. The standard InChI is InChI=1S/C23H27N5O3/c1-30-20(12-25)14-31-19-4-2-3-16(9-19)21-10-17-13-28(23(29)27-22(17)26-21)18-7-5-15(11-24)6-8-18/h2-10,13,20,22,26H,11-12,14,24-25H2,1H3,(H,27,29)/t20-,22?/m1/s1. The summed E-state index contributed by atoms with van der Waals surface area (Å²) in [5, 5.41) is 6.36. The fourth-order valence-corrected chi connectivity index (χ4v) is 3.49. The maximum atomic E-state index is 12.6. The number of nitrogens with zero attached hydrogens (tertiary/aromatic N) is 1. The average molecular weight is 422 g/mol. The molecular weight excluding hydrogens is 394 g/mol. The molecule has 0 saturated heterocycles. The van der Waals surface area contributed by atoms with Crippen molar-refractivity contribution >= 4 is 17.4 Å². The molecule has 4 rings (SSSR count). The van der Waals surface area contributed by atoms with Crippen LogP contribution in [0, 0.1) is 0 Å². The van der Waals surface area contributed by atoms with Crippen LogP contribution in [0.15, 0.2) is 66.4 Å². The Balaban J connectivity index is 1.52. The van der Waals surface area contributed by atoms with Gasteiger partial charge in [0.15, 0.2) is 0 Å². The molecule has 31 heavy (non-hydrogen) atoms. The number of rotatable bonds is 8. The van der Waals surface area contributed by atoms with Crippen LogP contribution in [-0.2, 0) is 11.3 Å². The van der Waals surface area contributed by atoms with Crippen LogP contribution < -0.4 is 31.7 Å². The Morgan fingerprint density at radius 3 is 2.65 bits per heavy atom. The van der Waals surface area contributed by atoms with Crippen molar-refractivity contribution in [1.29, 1.82) is 0 Å². The maximum absolute atomic E-state index is 12.6. The third-order valence-electron chi connectivity index (χ3n) is 5.34. The molecular formula is C23H27N5O3. The molecule has 2 aliphatic heterocycles. The van der Waals surface area contributed by atoms with Crippen LogP contribution in [0.25, 0.3) is 5.70 Å². The largest absolute Gasteiger partial charge is 0.491 e. The topological polar surface area (TPSA) is 115 Å². The lowest BCUT2D eigenvalue weighted by molar-refractivity contribution is 0.0644. The number of urea groups is 1. The van der Waals surface area contributed by atoms with Crippen molar-refractivity contribution in [1.82, 2.24) is 10.6 Å². The quantitative estimate of drug-likeness (QED) is 0.517. The van der Waals surface area contributed by atoms with Crippen LogP contribution in [0.4, 0.5) is 10.5 Å². The van der Waals surface area contributed by atoms with Gasteiger partial charge in [0, 0.05) is 43.2 Å². The highest BCUT2D eigenvalue weighted by atomic mass is 16.5. The first-order chi connectivity index (χ1) is 15.1. The van der Waals surface area contributed by atoms with E-state index >= 15 is 0 Å². The Labute approximate surface area is 181 Å². The van der Waals surface area contributed by atoms with Gasteiger partial charge in [0.25, 0.3) is 0 Å². The minimum atomic E-state index is -0.276. The summed E-state index contributed by atoms with van der Waals surface area (Å²) < 4.78 is 11.1. The Morgan fingerprint density at radius 1 is 1.13 bits per heavy atom. The number of ether oxygens (including phenoxy) is 2. The number of hydrogen-bond donors (Lipinski definition) is 4. The van der Waals surface area contributed by atoms with Gasteiger partial charge < -0.3 is 31.6 Å². The van der Waals surface area contributed by atoms with E-state index in [2.05, 4.69) is 10.6 Å². The van der Waals surface area contributed by atoms with E-state index in [0.717, 1.165) is 33.8 Å². The fourth-order valence-electron chi connectivity index (χ4n) is 3.49. The summed E-state index contributed by atoms with van der Waals surface area (Å²) in [5.74, 6) is 0.727. The molecule has 0 saturated carbocycles. The lowest BCUT2D eigenvalue weighted by atomic mass is 10.1. The van der Waals surface area contributed by atoms with Gasteiger partial charge in [0.05, 0.1) is 5.69 Å². The number of nitrogens with two attached hydrogens (primary N) is 2. The van der Waals surface area contributed by atoms with E-state index in [1.165, 1.54) is 0 Å². The molecule has 8 heteroatoms. The summed E-state index contributed by atoms with van der Waals surface area (Å²) in [6.07, 6.45) is 3.45. The van der Waals surface area contributed by atoms with Gasteiger partial charge in [-0.2, -0.15) is 0 Å². The van der Waals surface area contributed by atoms with Crippen molar-refractivity contribution in [2.45, 2.75) is 18.8 Å². The number of nitrogens with one attached hydrogen (secondary N) is 2. The Morgan fingerprint density at radius 2 is 1.94 bits per heavy atom. The summed E-state index contributed by atoms with van der Waals surface area (Å²) in [6.45, 7) is 1.24. The molecule has 0 aliphatic carbocycles. The third kappa shape index (κ3) is 4.56. The third-order valence-corrected chi connectivity index (χ3v) is 5.34. The lowest BCUT2D eigenvalue weighted by Crippen LogP contribution is -2.51. The second-order valence-electron chi connectivity index (χ2n) is 7.39. The van der Waals surface area contributed by atoms with E-state index in [1.54, 1.807) is 12.0 Å². The van der Waals surface area contributed by atoms with E-state index in [9.17, 15) is 4.79 Å². The molecule has 6 N–H and O–H groups in total. The number of hydrogen-bond acceptors (Lipinski definition) is 6. The number of carbonyl (C=O) groups excluding carboxylic acids is 1. The number of fused-ring (bicyclic) bond motifs is 1. The molecule has 0 aromatic heterocycles. The zero-order chi connectivity index (χ0) is 21.8. The zero-order valence-corrected chi connectivity index (χ0v) is 17.4. The number of methoxy groups -OCH3 is 1. The van der Waals surface area contributed by atoms with Gasteiger partial charge in [-0.1, -0.05) is 24.3 Å². The molecule has 1 unspecified atom stereocenters. The van der Waals surface area contributed by atoms with Crippen molar-refractivity contribution in [3.05, 3.63) is 77.5 Å². The molecule has 2 aromatic rings. The molecule has 8 nitrogen and oxygen atoms in total. The normalized spacial score (nSPS) is 18.5. The van der Waals surface area contributed by atoms with Gasteiger partial charge in [-0.15, -0.1) is 0 Å². The average Bonchev–Trinajstić information content (AvgIpc) is 3.22. The number of anilines is 1. The number of benzene rings is 2. The second kappa shape index (κ2) is 9.22. The molecule has 0 bridgehead atoms. The summed E-state index contributed by atoms with van der Waals surface area (Å²) >= 11 is 0. The van der Waals surface area contributed by atoms with Crippen LogP contribution in [0.3, 0.4) is 0 Å². The summed E-state index contributed by atoms with van der Waals surface area (Å²) in [4.78, 5) is 14.2. The first kappa shape index (κ1) is 20.9. The maximum Gasteiger partial charge on any atom is 0.327 e. The second-order valence-corrected chi connectivity index (χ2v) is 7.39. The highest BCUT2D eigenvalue weighted by Crippen LogP contribution is 2.29. The SMILES string of the molecule is CO[C@H](CN)COc1cccc(C2=CC3=CN(c4ccc(CN)cc4)C(=O)NC3N2)c1. The molecule has 2 aliphatic rings. The lowest BCUT2D eigenvalue weighted by Gasteiger charge is -2.29. The monoisotopic (exact) mass is 421 g/mol. The highest BCUT2D eigenvalue weighted by molar-refractivity contribution is 5.96. The van der Waals surface area contributed by atoms with Crippen LogP contribution in [0.2, 0.25) is 0 Å². The van der Waals surface area contributed by atoms with Gasteiger partial charge in [0.2, 0.25) is 0 Å². The Kier molecular flexibility index (Phi) is 6.22. The van der Waals surface area contributed by atoms with E-state index in [-0.39, 0.29) is 18.3 Å². The van der Waals surface area contributed by atoms with Crippen LogP contribution in [0.5, 0.6) is 5.75 Å². The first-order valence-electron chi connectivity index (χ1n) is 10.2. The minimum absolute atomic E-state index is 0.152. The van der Waals surface area contributed by atoms with Crippen molar-refractivity contribution in [3.8, 4) is 5.75 Å². The summed E-state index contributed by atoms with van der Waals surface area (Å²) in [7, 11) is 1.62. The zero-order valence-electron chi connectivity index (χ0n) is 17.4. The van der Waals surface area contributed by atoms with E-state index in [0.29, 0.717) is 19.7 Å². The molecule has 2 heterocycles. The predicted molar refractivity (Wildman–Crippen MR) is 120 cm³/mol. The molecule has 2 aromatic carbocycles. The summed E-state index contributed by atoms with van der Waals surface area (Å²) in [5.41, 5.74) is 15.9. The molecule has 0 radical (unpaired) electrons. The van der Waals surface area contributed by atoms with Gasteiger partial charge >= 0.3 is 6.03 Å². The molecule has 0 fully saturated rings. The van der Waals surface area contributed by atoms with Crippen molar-refractivity contribution in [2.24, 2.45) is 11.5 Å². The fraction of sp³-hybridized carbons (Fsp3) is 0.261.